The van der Waals surface area contributed by atoms with Crippen molar-refractivity contribution < 1.29 is 19.8 Å². The van der Waals surface area contributed by atoms with Crippen LogP contribution in [-0.4, -0.2) is 81.5 Å². The van der Waals surface area contributed by atoms with Gasteiger partial charge >= 0.3 is 11.9 Å². The highest BCUT2D eigenvalue weighted by Gasteiger charge is 2.20. The third-order valence-corrected chi connectivity index (χ3v) is 5.83. The van der Waals surface area contributed by atoms with Gasteiger partial charge in [-0.3, -0.25) is 4.68 Å². The summed E-state index contributed by atoms with van der Waals surface area (Å²) in [4.78, 5) is 24.1. The monoisotopic (exact) mass is 438 g/mol. The number of aliphatic carboxylic acids is 2. The van der Waals surface area contributed by atoms with Gasteiger partial charge in [0.2, 0.25) is 0 Å². The number of likely N-dealkylation sites (N-methyl/N-ethyl adjacent to an activating group) is 1. The minimum absolute atomic E-state index is 0.558. The number of aryl methyl sites for hydroxylation is 1. The van der Waals surface area contributed by atoms with Crippen LogP contribution in [0.5, 0.6) is 0 Å². The van der Waals surface area contributed by atoms with Crippen LogP contribution >= 0.6 is 0 Å². The van der Waals surface area contributed by atoms with Crippen molar-refractivity contribution in [2.75, 3.05) is 39.8 Å². The van der Waals surface area contributed by atoms with E-state index in [9.17, 15) is 9.59 Å². The third kappa shape index (κ3) is 6.15. The number of nitrogens with zero attached hydrogens (tertiary/aromatic N) is 4. The molecule has 8 heteroatoms. The van der Waals surface area contributed by atoms with Gasteiger partial charge in [0, 0.05) is 63.7 Å². The van der Waals surface area contributed by atoms with Gasteiger partial charge in [-0.1, -0.05) is 24.3 Å². The van der Waals surface area contributed by atoms with Gasteiger partial charge in [-0.25, -0.2) is 9.59 Å². The van der Waals surface area contributed by atoms with Gasteiger partial charge in [-0.05, 0) is 42.7 Å². The molecule has 170 valence electrons. The van der Waals surface area contributed by atoms with Crippen molar-refractivity contribution in [3.05, 3.63) is 59.8 Å². The van der Waals surface area contributed by atoms with Crippen molar-refractivity contribution >= 4 is 17.5 Å². The fourth-order valence-electron chi connectivity index (χ4n) is 4.05. The topological polar surface area (TPSA) is 98.9 Å². The van der Waals surface area contributed by atoms with E-state index >= 15 is 0 Å². The number of fused-ring (bicyclic) bond motifs is 1. The zero-order valence-corrected chi connectivity index (χ0v) is 18.6. The SMILES string of the molecule is CN1CCN(CCC2=CCc3c2cccc3-c2ccnn2C)CC1.O=C(O)/C=C\C(=O)O. The number of carboxylic acid groups (broad SMARTS) is 2. The number of carbonyl (C=O) groups is 2. The van der Waals surface area contributed by atoms with Crippen LogP contribution in [0.1, 0.15) is 17.5 Å². The molecule has 32 heavy (non-hydrogen) atoms. The van der Waals surface area contributed by atoms with E-state index in [2.05, 4.69) is 52.3 Å². The fourth-order valence-corrected chi connectivity index (χ4v) is 4.05. The quantitative estimate of drug-likeness (QED) is 0.668. The predicted molar refractivity (Wildman–Crippen MR) is 123 cm³/mol. The van der Waals surface area contributed by atoms with E-state index < -0.39 is 11.9 Å². The van der Waals surface area contributed by atoms with Crippen LogP contribution in [0.15, 0.2) is 48.7 Å². The maximum Gasteiger partial charge on any atom is 0.328 e. The van der Waals surface area contributed by atoms with Crippen LogP contribution in [0.3, 0.4) is 0 Å². The molecule has 0 bridgehead atoms. The number of rotatable bonds is 6. The fraction of sp³-hybridized carbons (Fsp3) is 0.375. The van der Waals surface area contributed by atoms with Crippen molar-refractivity contribution in [3.8, 4) is 11.3 Å². The predicted octanol–water partition coefficient (Wildman–Crippen LogP) is 2.38. The number of piperazine rings is 1. The van der Waals surface area contributed by atoms with Crippen LogP contribution in [0.25, 0.3) is 16.8 Å². The molecule has 0 radical (unpaired) electrons. The summed E-state index contributed by atoms with van der Waals surface area (Å²) in [5.41, 5.74) is 6.98. The zero-order valence-electron chi connectivity index (χ0n) is 18.6. The minimum atomic E-state index is -1.26. The Bertz CT molecular complexity index is 1000. The van der Waals surface area contributed by atoms with E-state index in [-0.39, 0.29) is 0 Å². The van der Waals surface area contributed by atoms with Gasteiger partial charge in [-0.2, -0.15) is 5.10 Å². The van der Waals surface area contributed by atoms with Gasteiger partial charge in [0.1, 0.15) is 0 Å². The molecule has 0 atom stereocenters. The lowest BCUT2D eigenvalue weighted by Crippen LogP contribution is -2.44. The molecular weight excluding hydrogens is 408 g/mol. The first-order chi connectivity index (χ1) is 15.3. The maximum atomic E-state index is 9.55. The van der Waals surface area contributed by atoms with E-state index in [4.69, 9.17) is 10.2 Å². The highest BCUT2D eigenvalue weighted by atomic mass is 16.4. The molecule has 0 unspecified atom stereocenters. The first kappa shape index (κ1) is 23.4. The molecule has 8 nitrogen and oxygen atoms in total. The Labute approximate surface area is 188 Å². The number of carboxylic acids is 2. The largest absolute Gasteiger partial charge is 0.478 e. The number of hydrogen-bond donors (Lipinski definition) is 2. The number of allylic oxidation sites excluding steroid dienone is 1. The summed E-state index contributed by atoms with van der Waals surface area (Å²) >= 11 is 0. The second-order valence-corrected chi connectivity index (χ2v) is 8.01. The molecule has 2 N–H and O–H groups in total. The molecule has 1 aliphatic heterocycles. The molecule has 2 aliphatic rings. The summed E-state index contributed by atoms with van der Waals surface area (Å²) in [7, 11) is 4.23. The van der Waals surface area contributed by atoms with Gasteiger partial charge in [0.15, 0.2) is 0 Å². The smallest absolute Gasteiger partial charge is 0.328 e. The molecule has 1 aromatic heterocycles. The van der Waals surface area contributed by atoms with Crippen LogP contribution in [0.4, 0.5) is 0 Å². The summed E-state index contributed by atoms with van der Waals surface area (Å²) in [5.74, 6) is -2.51. The van der Waals surface area contributed by atoms with Crippen LogP contribution in [-0.2, 0) is 23.1 Å². The first-order valence-corrected chi connectivity index (χ1v) is 10.7. The Morgan fingerprint density at radius 3 is 2.25 bits per heavy atom. The molecule has 2 heterocycles. The number of aromatic nitrogens is 2. The van der Waals surface area contributed by atoms with Gasteiger partial charge in [0.25, 0.3) is 0 Å². The molecule has 2 aromatic rings. The van der Waals surface area contributed by atoms with E-state index in [1.807, 2.05) is 17.9 Å². The second-order valence-electron chi connectivity index (χ2n) is 8.01. The maximum absolute atomic E-state index is 9.55. The van der Waals surface area contributed by atoms with E-state index in [1.165, 1.54) is 60.7 Å². The lowest BCUT2D eigenvalue weighted by molar-refractivity contribution is -0.134. The van der Waals surface area contributed by atoms with Crippen molar-refractivity contribution in [3.63, 3.8) is 0 Å². The number of hydrogen-bond acceptors (Lipinski definition) is 5. The summed E-state index contributed by atoms with van der Waals surface area (Å²) in [6, 6.07) is 8.82. The molecule has 1 fully saturated rings. The summed E-state index contributed by atoms with van der Waals surface area (Å²) in [5, 5.41) is 20.0. The Morgan fingerprint density at radius 2 is 1.66 bits per heavy atom. The Morgan fingerprint density at radius 1 is 1.00 bits per heavy atom. The van der Waals surface area contributed by atoms with Crippen molar-refractivity contribution in [1.82, 2.24) is 19.6 Å². The molecule has 0 saturated carbocycles. The Hall–Kier alpha value is -3.23. The lowest BCUT2D eigenvalue weighted by atomic mass is 9.97. The zero-order chi connectivity index (χ0) is 23.1. The Balaban J connectivity index is 0.000000312. The van der Waals surface area contributed by atoms with Crippen LogP contribution in [0, 0.1) is 0 Å². The van der Waals surface area contributed by atoms with Crippen molar-refractivity contribution in [2.45, 2.75) is 12.8 Å². The van der Waals surface area contributed by atoms with Gasteiger partial charge in [-0.15, -0.1) is 0 Å². The Kier molecular flexibility index (Phi) is 7.97. The minimum Gasteiger partial charge on any atom is -0.478 e. The normalized spacial score (nSPS) is 16.4. The average molecular weight is 439 g/mol. The lowest BCUT2D eigenvalue weighted by Gasteiger charge is -2.32. The molecule has 1 aromatic carbocycles. The van der Waals surface area contributed by atoms with E-state index in [0.717, 1.165) is 12.8 Å². The molecular formula is C24H30N4O4. The van der Waals surface area contributed by atoms with Crippen molar-refractivity contribution in [2.24, 2.45) is 7.05 Å². The molecule has 0 amide bonds. The molecule has 1 aliphatic carbocycles. The number of benzene rings is 1. The highest BCUT2D eigenvalue weighted by Crippen LogP contribution is 2.36. The average Bonchev–Trinajstić information content (AvgIpc) is 3.38. The standard InChI is InChI=1S/C20H26N4.C4H4O4/c1-22-12-14-24(15-13-22)11-9-16-6-7-18-17(16)4-3-5-19(18)20-8-10-21-23(20)2;5-3(6)1-2-4(7)8/h3-6,8,10H,7,9,11-15H2,1-2H3;1-2H,(H,5,6)(H,7,8)/b;2-1-. The second kappa shape index (κ2) is 10.9. The van der Waals surface area contributed by atoms with Gasteiger partial charge < -0.3 is 20.0 Å². The highest BCUT2D eigenvalue weighted by molar-refractivity contribution is 5.89. The van der Waals surface area contributed by atoms with E-state index in [1.54, 1.807) is 0 Å². The molecule has 4 rings (SSSR count). The summed E-state index contributed by atoms with van der Waals surface area (Å²) in [6.07, 6.45) is 7.64. The van der Waals surface area contributed by atoms with E-state index in [0.29, 0.717) is 12.2 Å². The van der Waals surface area contributed by atoms with Gasteiger partial charge in [0.05, 0.1) is 5.69 Å². The van der Waals surface area contributed by atoms with Crippen LogP contribution < -0.4 is 0 Å². The van der Waals surface area contributed by atoms with Crippen LogP contribution in [0.2, 0.25) is 0 Å². The third-order valence-electron chi connectivity index (χ3n) is 5.83. The molecule has 0 spiro atoms. The first-order valence-electron chi connectivity index (χ1n) is 10.7. The molecule has 1 saturated heterocycles. The van der Waals surface area contributed by atoms with Crippen molar-refractivity contribution in [1.29, 1.82) is 0 Å². The summed E-state index contributed by atoms with van der Waals surface area (Å²) < 4.78 is 1.97. The summed E-state index contributed by atoms with van der Waals surface area (Å²) in [6.45, 7) is 5.97.